The van der Waals surface area contributed by atoms with Crippen LogP contribution in [0.2, 0.25) is 0 Å². The first-order valence-corrected chi connectivity index (χ1v) is 5.58. The van der Waals surface area contributed by atoms with Gasteiger partial charge in [0.05, 0.1) is 5.70 Å². The topological polar surface area (TPSA) is 75.8 Å². The lowest BCUT2D eigenvalue weighted by molar-refractivity contribution is 0.456. The number of allylic oxidation sites excluding steroid dienone is 2. The number of hydrogen-bond acceptors (Lipinski definition) is 3. The molecule has 0 bridgehead atoms. The van der Waals surface area contributed by atoms with E-state index in [1.54, 1.807) is 0 Å². The van der Waals surface area contributed by atoms with Crippen LogP contribution in [0.5, 0.6) is 0 Å². The van der Waals surface area contributed by atoms with E-state index in [1.165, 1.54) is 6.21 Å². The average Bonchev–Trinajstić information content (AvgIpc) is 2.13. The van der Waals surface area contributed by atoms with Crippen LogP contribution in [0.25, 0.3) is 0 Å². The second kappa shape index (κ2) is 2.81. The summed E-state index contributed by atoms with van der Waals surface area (Å²) in [5.41, 5.74) is 1.67. The minimum Gasteiger partial charge on any atom is -0.232 e. The molecule has 2 N–H and O–H groups in total. The van der Waals surface area contributed by atoms with Gasteiger partial charge in [0.15, 0.2) is 0 Å². The molecule has 0 amide bonds. The molecule has 0 aromatic rings. The molecular weight excluding hydrogens is 190 g/mol. The first kappa shape index (κ1) is 8.71. The number of hydrogen-bond donors (Lipinski definition) is 1. The van der Waals surface area contributed by atoms with Crippen molar-refractivity contribution in [2.24, 2.45) is 10.2 Å². The lowest BCUT2D eigenvalue weighted by atomic mass is 9.97. The van der Waals surface area contributed by atoms with E-state index in [0.717, 1.165) is 35.7 Å². The third-order valence-electron chi connectivity index (χ3n) is 2.34. The molecule has 0 spiro atoms. The molecule has 0 aromatic heterocycles. The summed E-state index contributed by atoms with van der Waals surface area (Å²) in [5, 5.41) is 0. The highest BCUT2D eigenvalue weighted by molar-refractivity contribution is 7.88. The Morgan fingerprint density at radius 3 is 2.85 bits per heavy atom. The predicted octanol–water partition coefficient (Wildman–Crippen LogP) is 0.319. The largest absolute Gasteiger partial charge is 0.357 e. The van der Waals surface area contributed by atoms with Gasteiger partial charge >= 0.3 is 10.2 Å². The van der Waals surface area contributed by atoms with Gasteiger partial charge in [-0.15, -0.1) is 0 Å². The van der Waals surface area contributed by atoms with E-state index >= 15 is 0 Å². The molecule has 6 heteroatoms. The number of nitrogens with two attached hydrogens (primary N) is 1. The van der Waals surface area contributed by atoms with Crippen LogP contribution in [0.15, 0.2) is 15.7 Å². The van der Waals surface area contributed by atoms with Gasteiger partial charge in [0.2, 0.25) is 0 Å². The quantitative estimate of drug-likeness (QED) is 0.573. The van der Waals surface area contributed by atoms with Gasteiger partial charge in [-0.3, -0.25) is 0 Å². The molecule has 1 aliphatic heterocycles. The fourth-order valence-corrected chi connectivity index (χ4v) is 2.47. The maximum atomic E-state index is 11.2. The molecule has 0 radical (unpaired) electrons. The molecule has 0 saturated carbocycles. The zero-order valence-corrected chi connectivity index (χ0v) is 7.92. The number of nitrogens with zero attached hydrogens (tertiary/aromatic N) is 2. The van der Waals surface area contributed by atoms with Crippen molar-refractivity contribution in [1.29, 1.82) is 0 Å². The highest BCUT2D eigenvalue weighted by Crippen LogP contribution is 2.29. The van der Waals surface area contributed by atoms with Crippen LogP contribution in [-0.2, 0) is 10.2 Å². The Kier molecular flexibility index (Phi) is 1.88. The van der Waals surface area contributed by atoms with Crippen LogP contribution < -0.4 is 5.84 Å². The van der Waals surface area contributed by atoms with E-state index in [1.807, 2.05) is 0 Å². The second-order valence-electron chi connectivity index (χ2n) is 3.19. The van der Waals surface area contributed by atoms with Crippen molar-refractivity contribution in [3.05, 3.63) is 11.3 Å². The Hall–Kier alpha value is -0.880. The Morgan fingerprint density at radius 2 is 2.08 bits per heavy atom. The SMILES string of the molecule is NN1C2=C(C=NS1(=O)=O)CCCC2. The van der Waals surface area contributed by atoms with E-state index in [4.69, 9.17) is 5.84 Å². The van der Waals surface area contributed by atoms with Crippen molar-refractivity contribution >= 4 is 16.4 Å². The van der Waals surface area contributed by atoms with Crippen molar-refractivity contribution in [1.82, 2.24) is 4.41 Å². The van der Waals surface area contributed by atoms with E-state index in [9.17, 15) is 8.42 Å². The number of rotatable bonds is 0. The van der Waals surface area contributed by atoms with Crippen LogP contribution in [-0.4, -0.2) is 19.0 Å². The molecule has 1 heterocycles. The van der Waals surface area contributed by atoms with Gasteiger partial charge in [-0.25, -0.2) is 5.84 Å². The lowest BCUT2D eigenvalue weighted by Gasteiger charge is -2.27. The van der Waals surface area contributed by atoms with E-state index < -0.39 is 10.2 Å². The normalized spacial score (nSPS) is 26.1. The smallest absolute Gasteiger partial charge is 0.232 e. The minimum absolute atomic E-state index is 0.709. The summed E-state index contributed by atoms with van der Waals surface area (Å²) in [5.74, 6) is 5.44. The zero-order chi connectivity index (χ0) is 9.47. The number of hydrazine groups is 1. The van der Waals surface area contributed by atoms with Gasteiger partial charge in [0, 0.05) is 6.21 Å². The van der Waals surface area contributed by atoms with Gasteiger partial charge in [-0.05, 0) is 31.3 Å². The summed E-state index contributed by atoms with van der Waals surface area (Å²) in [6.45, 7) is 0. The Balaban J connectivity index is 2.45. The molecule has 0 aromatic carbocycles. The molecule has 1 aliphatic carbocycles. The molecule has 2 aliphatic rings. The van der Waals surface area contributed by atoms with Gasteiger partial charge in [-0.1, -0.05) is 0 Å². The van der Waals surface area contributed by atoms with E-state index in [0.29, 0.717) is 5.70 Å². The van der Waals surface area contributed by atoms with Gasteiger partial charge in [0.1, 0.15) is 0 Å². The Morgan fingerprint density at radius 1 is 1.38 bits per heavy atom. The summed E-state index contributed by atoms with van der Waals surface area (Å²) in [7, 11) is -3.61. The molecular formula is C7H11N3O2S. The van der Waals surface area contributed by atoms with Crippen molar-refractivity contribution in [3.63, 3.8) is 0 Å². The van der Waals surface area contributed by atoms with Crippen molar-refractivity contribution in [2.45, 2.75) is 25.7 Å². The maximum absolute atomic E-state index is 11.2. The van der Waals surface area contributed by atoms with E-state index in [-0.39, 0.29) is 0 Å². The molecule has 0 saturated heterocycles. The van der Waals surface area contributed by atoms with Crippen molar-refractivity contribution < 1.29 is 8.42 Å². The Labute approximate surface area is 77.1 Å². The van der Waals surface area contributed by atoms with Crippen LogP contribution in [0.4, 0.5) is 0 Å². The highest BCUT2D eigenvalue weighted by atomic mass is 32.2. The Bertz CT molecular complexity index is 383. The van der Waals surface area contributed by atoms with Crippen molar-refractivity contribution in [2.75, 3.05) is 0 Å². The summed E-state index contributed by atoms with van der Waals surface area (Å²) in [6.07, 6.45) is 5.11. The molecule has 5 nitrogen and oxygen atoms in total. The third-order valence-corrected chi connectivity index (χ3v) is 3.43. The highest BCUT2D eigenvalue weighted by Gasteiger charge is 2.27. The zero-order valence-electron chi connectivity index (χ0n) is 7.10. The van der Waals surface area contributed by atoms with Crippen LogP contribution >= 0.6 is 0 Å². The summed E-state index contributed by atoms with van der Waals surface area (Å²) < 4.78 is 26.6. The fourth-order valence-electron chi connectivity index (χ4n) is 1.62. The summed E-state index contributed by atoms with van der Waals surface area (Å²) in [6, 6.07) is 0. The summed E-state index contributed by atoms with van der Waals surface area (Å²) >= 11 is 0. The van der Waals surface area contributed by atoms with Crippen LogP contribution in [0.3, 0.4) is 0 Å². The average molecular weight is 201 g/mol. The van der Waals surface area contributed by atoms with Gasteiger partial charge < -0.3 is 0 Å². The monoisotopic (exact) mass is 201 g/mol. The first-order chi connectivity index (χ1) is 6.11. The van der Waals surface area contributed by atoms with Crippen LogP contribution in [0.1, 0.15) is 25.7 Å². The van der Waals surface area contributed by atoms with Crippen LogP contribution in [0, 0.1) is 0 Å². The first-order valence-electron chi connectivity index (χ1n) is 4.18. The second-order valence-corrected chi connectivity index (χ2v) is 4.69. The van der Waals surface area contributed by atoms with Crippen molar-refractivity contribution in [3.8, 4) is 0 Å². The molecule has 2 rings (SSSR count). The molecule has 72 valence electrons. The predicted molar refractivity (Wildman–Crippen MR) is 48.9 cm³/mol. The third kappa shape index (κ3) is 1.36. The molecule has 0 atom stereocenters. The molecule has 0 unspecified atom stereocenters. The van der Waals surface area contributed by atoms with E-state index in [2.05, 4.69) is 4.40 Å². The summed E-state index contributed by atoms with van der Waals surface area (Å²) in [4.78, 5) is 0. The van der Waals surface area contributed by atoms with Gasteiger partial charge in [0.25, 0.3) is 0 Å². The van der Waals surface area contributed by atoms with Gasteiger partial charge in [-0.2, -0.15) is 17.2 Å². The molecule has 0 fully saturated rings. The lowest BCUT2D eigenvalue weighted by Crippen LogP contribution is -2.39. The molecule has 13 heavy (non-hydrogen) atoms. The maximum Gasteiger partial charge on any atom is 0.357 e. The minimum atomic E-state index is -3.61. The fraction of sp³-hybridized carbons (Fsp3) is 0.571. The standard InChI is InChI=1S/C7H11N3O2S/c8-10-7-4-2-1-3-6(7)5-9-13(10,11)12/h5H,1-4,8H2.